The lowest BCUT2D eigenvalue weighted by Crippen LogP contribution is -2.38. The molecule has 0 spiro atoms. The van der Waals surface area contributed by atoms with Crippen LogP contribution in [0.5, 0.6) is 0 Å². The summed E-state index contributed by atoms with van der Waals surface area (Å²) in [5.41, 5.74) is 14.6. The molecule has 0 saturated carbocycles. The topological polar surface area (TPSA) is 116 Å². The predicted octanol–water partition coefficient (Wildman–Crippen LogP) is 1.33. The standard InChI is InChI=1S/C17H20ClN7O/c1-4-25-11-7-9(2)5-6-10(11)24(3)12(25)8-21-17(26)13-15(19)23-16(20)14(18)22-13/h5-7H,4,8H2,1-3H3,(H4-,19,20,21,23,26)/p+1. The Kier molecular flexibility index (Phi) is 4.69. The Labute approximate surface area is 155 Å². The van der Waals surface area contributed by atoms with Gasteiger partial charge in [-0.05, 0) is 31.5 Å². The van der Waals surface area contributed by atoms with Gasteiger partial charge in [-0.2, -0.15) is 0 Å². The van der Waals surface area contributed by atoms with Crippen LogP contribution in [0.4, 0.5) is 11.6 Å². The fourth-order valence-electron chi connectivity index (χ4n) is 3.01. The third-order valence-electron chi connectivity index (χ3n) is 4.33. The molecular weight excluding hydrogens is 354 g/mol. The number of carbonyl (C=O) groups excluding carboxylic acids is 1. The summed E-state index contributed by atoms with van der Waals surface area (Å²) in [4.78, 5) is 20.2. The molecule has 0 saturated heterocycles. The average Bonchev–Trinajstić information content (AvgIpc) is 2.86. The first-order valence-corrected chi connectivity index (χ1v) is 8.55. The smallest absolute Gasteiger partial charge is 0.276 e. The highest BCUT2D eigenvalue weighted by atomic mass is 35.5. The highest BCUT2D eigenvalue weighted by molar-refractivity contribution is 6.31. The first-order valence-electron chi connectivity index (χ1n) is 8.17. The van der Waals surface area contributed by atoms with Gasteiger partial charge in [-0.25, -0.2) is 19.1 Å². The van der Waals surface area contributed by atoms with Crippen LogP contribution in [0, 0.1) is 6.92 Å². The van der Waals surface area contributed by atoms with Crippen LogP contribution in [0.25, 0.3) is 11.0 Å². The van der Waals surface area contributed by atoms with Crippen LogP contribution >= 0.6 is 11.6 Å². The molecule has 0 fully saturated rings. The van der Waals surface area contributed by atoms with Gasteiger partial charge in [0, 0.05) is 0 Å². The summed E-state index contributed by atoms with van der Waals surface area (Å²) in [7, 11) is 1.97. The number of aryl methyl sites for hydroxylation is 3. The van der Waals surface area contributed by atoms with Crippen molar-refractivity contribution in [2.45, 2.75) is 26.9 Å². The first-order chi connectivity index (χ1) is 12.3. The molecule has 0 aliphatic carbocycles. The second-order valence-electron chi connectivity index (χ2n) is 6.03. The van der Waals surface area contributed by atoms with Crippen molar-refractivity contribution in [2.24, 2.45) is 7.05 Å². The number of anilines is 2. The van der Waals surface area contributed by atoms with Gasteiger partial charge in [0.05, 0.1) is 13.6 Å². The van der Waals surface area contributed by atoms with Crippen molar-refractivity contribution in [3.8, 4) is 0 Å². The Hall–Kier alpha value is -2.87. The third-order valence-corrected chi connectivity index (χ3v) is 4.60. The lowest BCUT2D eigenvalue weighted by Gasteiger charge is -2.07. The zero-order valence-electron chi connectivity index (χ0n) is 14.9. The van der Waals surface area contributed by atoms with Gasteiger partial charge in [-0.3, -0.25) is 4.79 Å². The van der Waals surface area contributed by atoms with Crippen molar-refractivity contribution in [1.29, 1.82) is 0 Å². The number of amides is 1. The Balaban J connectivity index is 1.91. The summed E-state index contributed by atoms with van der Waals surface area (Å²) in [6.07, 6.45) is 0. The number of hydrogen-bond acceptors (Lipinski definition) is 5. The third kappa shape index (κ3) is 3.03. The zero-order valence-corrected chi connectivity index (χ0v) is 15.6. The summed E-state index contributed by atoms with van der Waals surface area (Å²) in [6.45, 7) is 5.21. The van der Waals surface area contributed by atoms with E-state index in [1.165, 1.54) is 5.56 Å². The molecule has 5 N–H and O–H groups in total. The number of nitrogens with zero attached hydrogens (tertiary/aromatic N) is 4. The second-order valence-corrected chi connectivity index (χ2v) is 6.39. The van der Waals surface area contributed by atoms with Crippen LogP contribution in [0.1, 0.15) is 28.8 Å². The summed E-state index contributed by atoms with van der Waals surface area (Å²) in [5, 5.41) is 2.78. The summed E-state index contributed by atoms with van der Waals surface area (Å²) >= 11 is 5.85. The van der Waals surface area contributed by atoms with E-state index in [4.69, 9.17) is 23.1 Å². The van der Waals surface area contributed by atoms with Crippen LogP contribution in [-0.4, -0.2) is 20.4 Å². The number of rotatable bonds is 4. The molecule has 8 nitrogen and oxygen atoms in total. The maximum atomic E-state index is 12.5. The van der Waals surface area contributed by atoms with E-state index in [1.807, 2.05) is 7.05 Å². The van der Waals surface area contributed by atoms with Gasteiger partial charge in [0.15, 0.2) is 33.5 Å². The van der Waals surface area contributed by atoms with Crippen LogP contribution in [0.2, 0.25) is 5.15 Å². The largest absolute Gasteiger partial charge is 0.382 e. The van der Waals surface area contributed by atoms with E-state index in [2.05, 4.69) is 56.5 Å². The fourth-order valence-corrected chi connectivity index (χ4v) is 3.14. The van der Waals surface area contributed by atoms with Crippen molar-refractivity contribution in [1.82, 2.24) is 19.9 Å². The SMILES string of the molecule is CCn1c(CNC(=O)c2nc(Cl)c(N)nc2N)[n+](C)c2ccc(C)cc21. The predicted molar refractivity (Wildman–Crippen MR) is 101 cm³/mol. The Morgan fingerprint density at radius 1 is 1.31 bits per heavy atom. The average molecular weight is 375 g/mol. The van der Waals surface area contributed by atoms with Gasteiger partial charge in [0.25, 0.3) is 11.7 Å². The van der Waals surface area contributed by atoms with Gasteiger partial charge < -0.3 is 16.8 Å². The quantitative estimate of drug-likeness (QED) is 0.596. The molecule has 0 aliphatic rings. The number of aromatic nitrogens is 4. The van der Waals surface area contributed by atoms with E-state index in [0.29, 0.717) is 6.54 Å². The summed E-state index contributed by atoms with van der Waals surface area (Å²) in [5.74, 6) is 0.435. The first kappa shape index (κ1) is 17.9. The van der Waals surface area contributed by atoms with Crippen molar-refractivity contribution in [3.63, 3.8) is 0 Å². The maximum absolute atomic E-state index is 12.5. The maximum Gasteiger partial charge on any atom is 0.276 e. The summed E-state index contributed by atoms with van der Waals surface area (Å²) in [6, 6.07) is 6.27. The molecule has 0 atom stereocenters. The molecule has 1 amide bonds. The monoisotopic (exact) mass is 374 g/mol. The molecule has 136 valence electrons. The van der Waals surface area contributed by atoms with Crippen molar-refractivity contribution in [2.75, 3.05) is 11.5 Å². The van der Waals surface area contributed by atoms with Crippen LogP contribution in [-0.2, 0) is 20.1 Å². The number of carbonyl (C=O) groups is 1. The normalized spacial score (nSPS) is 11.1. The highest BCUT2D eigenvalue weighted by Crippen LogP contribution is 2.18. The molecule has 0 radical (unpaired) electrons. The van der Waals surface area contributed by atoms with E-state index in [9.17, 15) is 4.79 Å². The Morgan fingerprint density at radius 3 is 2.73 bits per heavy atom. The molecule has 2 heterocycles. The molecule has 0 unspecified atom stereocenters. The van der Waals surface area contributed by atoms with Crippen LogP contribution in [0.15, 0.2) is 18.2 Å². The molecule has 0 aliphatic heterocycles. The van der Waals surface area contributed by atoms with Gasteiger partial charge >= 0.3 is 0 Å². The van der Waals surface area contributed by atoms with E-state index >= 15 is 0 Å². The minimum absolute atomic E-state index is 0.00593. The Bertz CT molecular complexity index is 1010. The number of imidazole rings is 1. The van der Waals surface area contributed by atoms with Crippen LogP contribution in [0.3, 0.4) is 0 Å². The Morgan fingerprint density at radius 2 is 2.04 bits per heavy atom. The number of nitrogens with one attached hydrogen (secondary N) is 1. The summed E-state index contributed by atoms with van der Waals surface area (Å²) < 4.78 is 4.22. The van der Waals surface area contributed by atoms with Crippen molar-refractivity contribution >= 4 is 40.2 Å². The van der Waals surface area contributed by atoms with E-state index in [1.54, 1.807) is 0 Å². The highest BCUT2D eigenvalue weighted by Gasteiger charge is 2.23. The number of halogens is 1. The molecule has 3 rings (SSSR count). The molecule has 9 heteroatoms. The van der Waals surface area contributed by atoms with Gasteiger partial charge in [-0.15, -0.1) is 0 Å². The molecular formula is C17H21ClN7O+. The molecule has 3 aromatic rings. The molecule has 26 heavy (non-hydrogen) atoms. The lowest BCUT2D eigenvalue weighted by atomic mass is 10.2. The van der Waals surface area contributed by atoms with Crippen molar-refractivity contribution in [3.05, 3.63) is 40.4 Å². The number of fused-ring (bicyclic) bond motifs is 1. The lowest BCUT2D eigenvalue weighted by molar-refractivity contribution is -0.654. The molecule has 2 aromatic heterocycles. The number of nitrogens with two attached hydrogens (primary N) is 2. The van der Waals surface area contributed by atoms with Crippen LogP contribution < -0.4 is 21.4 Å². The molecule has 1 aromatic carbocycles. The molecule has 0 bridgehead atoms. The zero-order chi connectivity index (χ0) is 19.0. The number of nitrogen functional groups attached to an aromatic ring is 2. The second kappa shape index (κ2) is 6.80. The van der Waals surface area contributed by atoms with Gasteiger partial charge in [0.1, 0.15) is 6.54 Å². The van der Waals surface area contributed by atoms with E-state index in [-0.39, 0.29) is 22.5 Å². The fraction of sp³-hybridized carbons (Fsp3) is 0.294. The van der Waals surface area contributed by atoms with Gasteiger partial charge in [-0.1, -0.05) is 17.7 Å². The minimum Gasteiger partial charge on any atom is -0.382 e. The number of hydrogen-bond donors (Lipinski definition) is 3. The van der Waals surface area contributed by atoms with E-state index in [0.717, 1.165) is 23.4 Å². The van der Waals surface area contributed by atoms with Crippen molar-refractivity contribution < 1.29 is 9.36 Å². The number of benzene rings is 1. The van der Waals surface area contributed by atoms with E-state index < -0.39 is 5.91 Å². The van der Waals surface area contributed by atoms with Gasteiger partial charge in [0.2, 0.25) is 0 Å². The minimum atomic E-state index is -0.457.